The van der Waals surface area contributed by atoms with E-state index in [1.165, 1.54) is 35.3 Å². The van der Waals surface area contributed by atoms with Crippen LogP contribution < -0.4 is 0 Å². The van der Waals surface area contributed by atoms with Gasteiger partial charge in [0.25, 0.3) is 15.7 Å². The van der Waals surface area contributed by atoms with Crippen LogP contribution in [0.5, 0.6) is 0 Å². The number of hydrogen-bond donors (Lipinski definition) is 0. The molecule has 39 heavy (non-hydrogen) atoms. The zero-order valence-corrected chi connectivity index (χ0v) is 28.9. The van der Waals surface area contributed by atoms with Gasteiger partial charge in [0.2, 0.25) is 0 Å². The third-order valence-corrected chi connectivity index (χ3v) is 11.7. The monoisotopic (exact) mass is 626 g/mol. The van der Waals surface area contributed by atoms with Crippen molar-refractivity contribution >= 4 is 62.2 Å². The van der Waals surface area contributed by atoms with Crippen LogP contribution in [0.25, 0.3) is 0 Å². The highest BCUT2D eigenvalue weighted by atomic mass is 32.2. The van der Waals surface area contributed by atoms with Gasteiger partial charge in [-0.05, 0) is 70.2 Å². The van der Waals surface area contributed by atoms with Crippen molar-refractivity contribution in [1.29, 1.82) is 0 Å². The number of hydrogen-bond acceptors (Lipinski definition) is 8. The molecule has 3 amide bonds. The van der Waals surface area contributed by atoms with Gasteiger partial charge in [-0.15, -0.1) is 0 Å². The van der Waals surface area contributed by atoms with E-state index in [0.717, 1.165) is 25.9 Å². The molecule has 1 atom stereocenters. The molecule has 0 aliphatic carbocycles. The van der Waals surface area contributed by atoms with Gasteiger partial charge in [0.05, 0.1) is 0 Å². The van der Waals surface area contributed by atoms with Gasteiger partial charge in [0, 0.05) is 56.5 Å². The summed E-state index contributed by atoms with van der Waals surface area (Å²) in [5, 5.41) is 0.209. The largest absolute Gasteiger partial charge is 0.615 e. The maximum absolute atomic E-state index is 12.8. The van der Waals surface area contributed by atoms with E-state index in [0.29, 0.717) is 68.2 Å². The molecule has 0 N–H and O–H groups in total. The molecular weight excluding hydrogens is 573 g/mol. The second-order valence-electron chi connectivity index (χ2n) is 10.0. The molecule has 0 heterocycles. The quantitative estimate of drug-likeness (QED) is 0.114. The average molecular weight is 627 g/mol. The Kier molecular flexibility index (Phi) is 22.2. The van der Waals surface area contributed by atoms with Gasteiger partial charge in [-0.3, -0.25) is 19.3 Å². The van der Waals surface area contributed by atoms with E-state index in [4.69, 9.17) is 0 Å². The first kappa shape index (κ1) is 38.7. The molecule has 0 saturated heterocycles. The topological polar surface area (TPSA) is 87.2 Å². The number of unbranched alkanes of at least 4 members (excludes halogenated alkanes) is 1. The molecule has 8 nitrogen and oxygen atoms in total. The van der Waals surface area contributed by atoms with Gasteiger partial charge in [0.15, 0.2) is 5.88 Å². The number of carbonyl (C=O) groups excluding carboxylic acids is 3. The molecule has 0 aromatic heterocycles. The SMILES string of the molecule is CCN(CC)C[S+]([O-])CCSC(=O)N(CC)CCCCN(CC)C(=O)SCC(C)(C)CSC(=O)N(CC)CC. The van der Waals surface area contributed by atoms with E-state index in [-0.39, 0.29) is 21.1 Å². The lowest BCUT2D eigenvalue weighted by Crippen LogP contribution is -2.33. The Balaban J connectivity index is 4.40. The van der Waals surface area contributed by atoms with Crippen LogP contribution in [-0.4, -0.2) is 121 Å². The van der Waals surface area contributed by atoms with Crippen molar-refractivity contribution in [2.24, 2.45) is 5.41 Å². The van der Waals surface area contributed by atoms with E-state index < -0.39 is 11.2 Å². The second-order valence-corrected chi connectivity index (χ2v) is 14.4. The molecule has 12 heteroatoms. The van der Waals surface area contributed by atoms with Crippen LogP contribution in [0, 0.1) is 5.41 Å². The minimum absolute atomic E-state index is 0.0379. The Morgan fingerprint density at radius 2 is 1.08 bits per heavy atom. The Bertz CT molecular complexity index is 695. The summed E-state index contributed by atoms with van der Waals surface area (Å²) < 4.78 is 12.2. The summed E-state index contributed by atoms with van der Waals surface area (Å²) in [7, 11) is 0. The second kappa shape index (κ2) is 22.3. The lowest BCUT2D eigenvalue weighted by molar-refractivity contribution is 0.217. The molecule has 230 valence electrons. The van der Waals surface area contributed by atoms with Gasteiger partial charge in [-0.2, -0.15) is 0 Å². The summed E-state index contributed by atoms with van der Waals surface area (Å²) in [5.74, 6) is 3.00. The van der Waals surface area contributed by atoms with Crippen LogP contribution in [0.2, 0.25) is 0 Å². The predicted octanol–water partition coefficient (Wildman–Crippen LogP) is 6.39. The number of rotatable bonds is 20. The highest BCUT2D eigenvalue weighted by molar-refractivity contribution is 8.14. The molecule has 1 unspecified atom stereocenters. The molecule has 0 aromatic carbocycles. The van der Waals surface area contributed by atoms with Gasteiger partial charge in [-0.1, -0.05) is 63.0 Å². The fraction of sp³-hybridized carbons (Fsp3) is 0.889. The summed E-state index contributed by atoms with van der Waals surface area (Å²) in [6.45, 7) is 22.1. The number of nitrogens with zero attached hydrogens (tertiary/aromatic N) is 4. The molecule has 0 aliphatic rings. The highest BCUT2D eigenvalue weighted by Gasteiger charge is 2.24. The Hall–Kier alpha value is -0.270. The number of amides is 3. The third kappa shape index (κ3) is 17.3. The van der Waals surface area contributed by atoms with Crippen LogP contribution in [-0.2, 0) is 11.2 Å². The van der Waals surface area contributed by atoms with E-state index >= 15 is 0 Å². The average Bonchev–Trinajstić information content (AvgIpc) is 2.92. The van der Waals surface area contributed by atoms with E-state index in [9.17, 15) is 18.9 Å². The van der Waals surface area contributed by atoms with Crippen molar-refractivity contribution in [3.05, 3.63) is 0 Å². The van der Waals surface area contributed by atoms with Crippen molar-refractivity contribution < 1.29 is 18.9 Å². The summed E-state index contributed by atoms with van der Waals surface area (Å²) in [4.78, 5) is 45.4. The standard InChI is InChI=1S/C27H54N4O4S4/c1-9-28(10-2)23-39(35)20-19-36-25(33)30(13-5)17-15-16-18-31(14-6)26(34)38-22-27(7,8)21-37-24(32)29(11-3)12-4/h9-23H2,1-8H3. The van der Waals surface area contributed by atoms with E-state index in [1.807, 2.05) is 42.4 Å². The fourth-order valence-corrected chi connectivity index (χ4v) is 8.33. The number of thioether (sulfide) groups is 3. The van der Waals surface area contributed by atoms with Crippen LogP contribution in [0.15, 0.2) is 0 Å². The first-order valence-electron chi connectivity index (χ1n) is 14.3. The van der Waals surface area contributed by atoms with Gasteiger partial charge < -0.3 is 19.3 Å². The molecule has 0 radical (unpaired) electrons. The Labute approximate surface area is 254 Å². The lowest BCUT2D eigenvalue weighted by atomic mass is 10.0. The van der Waals surface area contributed by atoms with Gasteiger partial charge >= 0.3 is 0 Å². The molecule has 0 aliphatic heterocycles. The Morgan fingerprint density at radius 1 is 0.667 bits per heavy atom. The summed E-state index contributed by atoms with van der Waals surface area (Å²) in [6, 6.07) is 0. The van der Waals surface area contributed by atoms with Crippen molar-refractivity contribution in [3.8, 4) is 0 Å². The van der Waals surface area contributed by atoms with Crippen molar-refractivity contribution in [2.75, 3.05) is 81.2 Å². The van der Waals surface area contributed by atoms with Crippen LogP contribution in [0.1, 0.15) is 68.2 Å². The molecule has 0 rings (SSSR count). The summed E-state index contributed by atoms with van der Waals surface area (Å²) in [6.07, 6.45) is 1.66. The van der Waals surface area contributed by atoms with E-state index in [1.54, 1.807) is 0 Å². The Morgan fingerprint density at radius 3 is 1.49 bits per heavy atom. The van der Waals surface area contributed by atoms with Gasteiger partial charge in [0.1, 0.15) is 5.75 Å². The first-order valence-corrected chi connectivity index (χ1v) is 18.7. The third-order valence-electron chi connectivity index (χ3n) is 6.34. The smallest absolute Gasteiger partial charge is 0.281 e. The van der Waals surface area contributed by atoms with Crippen molar-refractivity contribution in [3.63, 3.8) is 0 Å². The molecule has 0 fully saturated rings. The molecule has 0 aromatic rings. The molecule has 0 bridgehead atoms. The predicted molar refractivity (Wildman–Crippen MR) is 175 cm³/mol. The van der Waals surface area contributed by atoms with E-state index in [2.05, 4.69) is 32.6 Å². The highest BCUT2D eigenvalue weighted by Crippen LogP contribution is 2.29. The van der Waals surface area contributed by atoms with Crippen molar-refractivity contribution in [1.82, 2.24) is 19.6 Å². The zero-order valence-electron chi connectivity index (χ0n) is 25.7. The summed E-state index contributed by atoms with van der Waals surface area (Å²) in [5.41, 5.74) is -0.134. The fourth-order valence-electron chi connectivity index (χ4n) is 3.57. The van der Waals surface area contributed by atoms with Crippen LogP contribution in [0.3, 0.4) is 0 Å². The summed E-state index contributed by atoms with van der Waals surface area (Å²) >= 11 is 2.99. The normalized spacial score (nSPS) is 12.5. The first-order chi connectivity index (χ1) is 18.5. The lowest BCUT2D eigenvalue weighted by Gasteiger charge is -2.27. The van der Waals surface area contributed by atoms with Crippen LogP contribution >= 0.6 is 35.3 Å². The minimum Gasteiger partial charge on any atom is -0.615 e. The zero-order chi connectivity index (χ0) is 29.8. The minimum atomic E-state index is -0.937. The maximum Gasteiger partial charge on any atom is 0.281 e. The maximum atomic E-state index is 12.8. The molecule has 0 saturated carbocycles. The number of carbonyl (C=O) groups is 3. The van der Waals surface area contributed by atoms with Gasteiger partial charge in [-0.25, -0.2) is 0 Å². The molecule has 0 spiro atoms. The molecular formula is C27H54N4O4S4. The van der Waals surface area contributed by atoms with Crippen LogP contribution in [0.4, 0.5) is 14.4 Å². The van der Waals surface area contributed by atoms with Crippen molar-refractivity contribution in [2.45, 2.75) is 68.2 Å².